The lowest BCUT2D eigenvalue weighted by atomic mass is 10.0. The maximum atomic E-state index is 13.4. The van der Waals surface area contributed by atoms with Crippen molar-refractivity contribution in [2.24, 2.45) is 0 Å². The van der Waals surface area contributed by atoms with Gasteiger partial charge in [-0.1, -0.05) is 41.6 Å². The summed E-state index contributed by atoms with van der Waals surface area (Å²) >= 11 is 8.49. The van der Waals surface area contributed by atoms with E-state index in [-0.39, 0.29) is 17.2 Å². The van der Waals surface area contributed by atoms with Gasteiger partial charge in [0.1, 0.15) is 22.1 Å². The van der Waals surface area contributed by atoms with E-state index in [0.717, 1.165) is 5.56 Å². The number of methoxy groups -OCH3 is 1. The summed E-state index contributed by atoms with van der Waals surface area (Å²) in [5.41, 5.74) is 2.27. The number of amides is 1. The smallest absolute Gasteiger partial charge is 0.341 e. The molecule has 4 aromatic rings. The van der Waals surface area contributed by atoms with Crippen molar-refractivity contribution in [2.75, 3.05) is 18.2 Å². The molecule has 40 heavy (non-hydrogen) atoms. The minimum atomic E-state index is -0.608. The maximum absolute atomic E-state index is 13.4. The molecule has 4 rings (SSSR count). The fourth-order valence-corrected chi connectivity index (χ4v) is 5.69. The van der Waals surface area contributed by atoms with Crippen molar-refractivity contribution in [3.8, 4) is 16.9 Å². The van der Waals surface area contributed by atoms with Gasteiger partial charge in [-0.15, -0.1) is 28.1 Å². The van der Waals surface area contributed by atoms with E-state index in [0.29, 0.717) is 44.4 Å². The van der Waals surface area contributed by atoms with Crippen LogP contribution in [0.1, 0.15) is 34.8 Å². The maximum Gasteiger partial charge on any atom is 0.341 e. The highest BCUT2D eigenvalue weighted by Crippen LogP contribution is 2.36. The number of esters is 1. The highest BCUT2D eigenvalue weighted by Gasteiger charge is 2.24. The molecule has 2 aromatic heterocycles. The molecule has 2 heterocycles. The summed E-state index contributed by atoms with van der Waals surface area (Å²) in [4.78, 5) is 25.5. The number of carbonyl (C=O) groups is 2. The Morgan fingerprint density at radius 3 is 2.67 bits per heavy atom. The molecule has 208 valence electrons. The number of aromatic nitrogens is 3. The van der Waals surface area contributed by atoms with Crippen LogP contribution in [0.2, 0.25) is 5.02 Å². The summed E-state index contributed by atoms with van der Waals surface area (Å²) in [6, 6.07) is 11.1. The normalized spacial score (nSPS) is 11.6. The van der Waals surface area contributed by atoms with Crippen LogP contribution in [-0.2, 0) is 16.1 Å². The van der Waals surface area contributed by atoms with Gasteiger partial charge >= 0.3 is 5.97 Å². The fraction of sp³-hybridized carbons (Fsp3) is 0.214. The molecular formula is C28H26ClFN4O4S2. The lowest BCUT2D eigenvalue weighted by Crippen LogP contribution is -2.17. The average Bonchev–Trinajstić information content (AvgIpc) is 3.54. The van der Waals surface area contributed by atoms with E-state index in [9.17, 15) is 14.0 Å². The molecule has 1 unspecified atom stereocenters. The molecule has 2 aromatic carbocycles. The third-order valence-corrected chi connectivity index (χ3v) is 8.07. The molecule has 0 radical (unpaired) electrons. The van der Waals surface area contributed by atoms with Crippen LogP contribution in [0, 0.1) is 12.7 Å². The van der Waals surface area contributed by atoms with Gasteiger partial charge in [-0.05, 0) is 55.3 Å². The number of carbonyl (C=O) groups excluding carboxylic acids is 2. The van der Waals surface area contributed by atoms with Crippen LogP contribution in [0.5, 0.6) is 5.75 Å². The lowest BCUT2D eigenvalue weighted by molar-refractivity contribution is -0.113. The van der Waals surface area contributed by atoms with Crippen molar-refractivity contribution in [1.82, 2.24) is 14.8 Å². The average molecular weight is 601 g/mol. The molecule has 0 fully saturated rings. The van der Waals surface area contributed by atoms with Gasteiger partial charge in [-0.25, -0.2) is 9.18 Å². The number of hydrogen-bond acceptors (Lipinski definition) is 8. The number of halogens is 2. The molecule has 1 amide bonds. The van der Waals surface area contributed by atoms with E-state index in [2.05, 4.69) is 22.1 Å². The van der Waals surface area contributed by atoms with E-state index in [1.165, 1.54) is 42.3 Å². The van der Waals surface area contributed by atoms with Crippen LogP contribution in [-0.4, -0.2) is 39.5 Å². The van der Waals surface area contributed by atoms with Crippen molar-refractivity contribution < 1.29 is 23.5 Å². The summed E-state index contributed by atoms with van der Waals surface area (Å²) in [6.45, 7) is 7.99. The fourth-order valence-electron chi connectivity index (χ4n) is 3.84. The molecule has 8 nitrogen and oxygen atoms in total. The van der Waals surface area contributed by atoms with Crippen LogP contribution in [0.4, 0.5) is 9.39 Å². The highest BCUT2D eigenvalue weighted by atomic mass is 35.5. The number of benzene rings is 2. The molecule has 1 N–H and O–H groups in total. The second-order valence-electron chi connectivity index (χ2n) is 8.60. The number of thioether (sulfide) groups is 1. The number of nitrogens with zero attached hydrogens (tertiary/aromatic N) is 3. The number of rotatable bonds is 11. The second kappa shape index (κ2) is 13.1. The lowest BCUT2D eigenvalue weighted by Gasteiger charge is -2.16. The van der Waals surface area contributed by atoms with Crippen molar-refractivity contribution in [2.45, 2.75) is 31.7 Å². The first kappa shape index (κ1) is 29.3. The van der Waals surface area contributed by atoms with Crippen LogP contribution < -0.4 is 10.1 Å². The van der Waals surface area contributed by atoms with E-state index in [1.54, 1.807) is 35.7 Å². The van der Waals surface area contributed by atoms with Gasteiger partial charge in [0, 0.05) is 22.5 Å². The van der Waals surface area contributed by atoms with Crippen LogP contribution in [0.15, 0.2) is 65.7 Å². The first-order chi connectivity index (χ1) is 19.2. The molecule has 0 saturated carbocycles. The van der Waals surface area contributed by atoms with Crippen LogP contribution in [0.25, 0.3) is 11.1 Å². The van der Waals surface area contributed by atoms with Gasteiger partial charge in [-0.3, -0.25) is 9.36 Å². The van der Waals surface area contributed by atoms with Gasteiger partial charge in [0.2, 0.25) is 5.91 Å². The van der Waals surface area contributed by atoms with E-state index < -0.39 is 17.9 Å². The standard InChI is InChI=1S/C28H26ClFN4O4S2/c1-5-12-34-25(17(3)38-20-10-11-22(29)16(2)13-20)32-33-28(34)40-15-23(35)31-26-24(27(36)37-4)21(14-39-26)18-6-8-19(30)9-7-18/h5-11,13-14,17H,1,12,15H2,2-4H3,(H,31,35). The minimum Gasteiger partial charge on any atom is -0.483 e. The Morgan fingerprint density at radius 2 is 2.00 bits per heavy atom. The Labute approximate surface area is 244 Å². The predicted octanol–water partition coefficient (Wildman–Crippen LogP) is 6.95. The van der Waals surface area contributed by atoms with Gasteiger partial charge < -0.3 is 14.8 Å². The Balaban J connectivity index is 1.47. The Hall–Kier alpha value is -3.67. The zero-order valence-electron chi connectivity index (χ0n) is 21.9. The number of allylic oxidation sites excluding steroid dienone is 1. The zero-order valence-corrected chi connectivity index (χ0v) is 24.3. The Kier molecular flexibility index (Phi) is 9.62. The third-order valence-electron chi connectivity index (χ3n) is 5.78. The third kappa shape index (κ3) is 6.72. The van der Waals surface area contributed by atoms with Crippen molar-refractivity contribution in [3.05, 3.63) is 88.3 Å². The van der Waals surface area contributed by atoms with Gasteiger partial charge in [-0.2, -0.15) is 0 Å². The first-order valence-corrected chi connectivity index (χ1v) is 14.3. The van der Waals surface area contributed by atoms with Gasteiger partial charge in [0.05, 0.1) is 12.9 Å². The summed E-state index contributed by atoms with van der Waals surface area (Å²) in [6.07, 6.45) is 1.27. The Morgan fingerprint density at radius 1 is 1.25 bits per heavy atom. The first-order valence-electron chi connectivity index (χ1n) is 12.1. The van der Waals surface area contributed by atoms with Crippen molar-refractivity contribution in [3.63, 3.8) is 0 Å². The quantitative estimate of drug-likeness (QED) is 0.113. The van der Waals surface area contributed by atoms with E-state index in [1.807, 2.05) is 24.5 Å². The highest BCUT2D eigenvalue weighted by molar-refractivity contribution is 7.99. The van der Waals surface area contributed by atoms with Gasteiger partial charge in [0.25, 0.3) is 0 Å². The number of thiophene rings is 1. The summed E-state index contributed by atoms with van der Waals surface area (Å²) in [5, 5.41) is 14.6. The SMILES string of the molecule is C=CCn1c(SCC(=O)Nc2scc(-c3ccc(F)cc3)c2C(=O)OC)nnc1C(C)Oc1ccc(Cl)c(C)c1. The molecule has 0 aliphatic heterocycles. The van der Waals surface area contributed by atoms with Crippen molar-refractivity contribution >= 4 is 51.6 Å². The van der Waals surface area contributed by atoms with E-state index in [4.69, 9.17) is 21.1 Å². The van der Waals surface area contributed by atoms with E-state index >= 15 is 0 Å². The molecule has 0 bridgehead atoms. The number of hydrogen-bond donors (Lipinski definition) is 1. The minimum absolute atomic E-state index is 0.00525. The van der Waals surface area contributed by atoms with Crippen LogP contribution >= 0.6 is 34.7 Å². The van der Waals surface area contributed by atoms with Crippen LogP contribution in [0.3, 0.4) is 0 Å². The van der Waals surface area contributed by atoms with Crippen molar-refractivity contribution in [1.29, 1.82) is 0 Å². The number of ether oxygens (including phenoxy) is 2. The largest absolute Gasteiger partial charge is 0.483 e. The molecule has 0 saturated heterocycles. The summed E-state index contributed by atoms with van der Waals surface area (Å²) in [7, 11) is 1.26. The monoisotopic (exact) mass is 600 g/mol. The second-order valence-corrected chi connectivity index (χ2v) is 10.8. The molecule has 0 spiro atoms. The molecule has 0 aliphatic carbocycles. The molecule has 1 atom stereocenters. The summed E-state index contributed by atoms with van der Waals surface area (Å²) < 4.78 is 26.2. The van der Waals surface area contributed by atoms with Gasteiger partial charge in [0.15, 0.2) is 17.1 Å². The number of nitrogens with one attached hydrogen (secondary N) is 1. The molecular weight excluding hydrogens is 575 g/mol. The predicted molar refractivity (Wildman–Crippen MR) is 156 cm³/mol. The zero-order chi connectivity index (χ0) is 28.8. The summed E-state index contributed by atoms with van der Waals surface area (Å²) in [5.74, 6) is -0.121. The number of aryl methyl sites for hydroxylation is 1. The topological polar surface area (TPSA) is 95.3 Å². The Bertz CT molecular complexity index is 1540. The molecule has 0 aliphatic rings. The number of anilines is 1. The molecule has 12 heteroatoms.